The Bertz CT molecular complexity index is 969. The van der Waals surface area contributed by atoms with Crippen LogP contribution in [0.3, 0.4) is 0 Å². The smallest absolute Gasteiger partial charge is 0.232 e. The molecule has 0 spiro atoms. The quantitative estimate of drug-likeness (QED) is 0.573. The van der Waals surface area contributed by atoms with E-state index < -0.39 is 10.0 Å². The molecule has 1 fully saturated rings. The molecule has 0 unspecified atom stereocenters. The van der Waals surface area contributed by atoms with Gasteiger partial charge in [0.1, 0.15) is 0 Å². The summed E-state index contributed by atoms with van der Waals surface area (Å²) < 4.78 is 33.2. The first-order valence-corrected chi connectivity index (χ1v) is 12.5. The van der Waals surface area contributed by atoms with Crippen molar-refractivity contribution in [2.24, 2.45) is 7.05 Å². The van der Waals surface area contributed by atoms with E-state index in [1.54, 1.807) is 23.7 Å². The number of hydrogen-bond donors (Lipinski definition) is 1. The number of sulfonamides is 1. The summed E-state index contributed by atoms with van der Waals surface area (Å²) in [7, 11) is -1.75. The van der Waals surface area contributed by atoms with Gasteiger partial charge in [-0.1, -0.05) is 29.5 Å². The van der Waals surface area contributed by atoms with Gasteiger partial charge in [-0.05, 0) is 31.9 Å². The minimum atomic E-state index is -3.51. The zero-order valence-corrected chi connectivity index (χ0v) is 19.0. The Morgan fingerprint density at radius 3 is 2.70 bits per heavy atom. The molecule has 1 saturated heterocycles. The van der Waals surface area contributed by atoms with Gasteiger partial charge in [-0.2, -0.15) is 0 Å². The molecular weight excluding hydrogens is 426 g/mol. The molecule has 3 rings (SSSR count). The monoisotopic (exact) mass is 453 g/mol. The van der Waals surface area contributed by atoms with Crippen LogP contribution in [0.2, 0.25) is 0 Å². The number of rotatable bonds is 9. The highest BCUT2D eigenvalue weighted by atomic mass is 32.2. The number of carbonyl (C=O) groups excluding carboxylic acids is 1. The first kappa shape index (κ1) is 22.6. The minimum Gasteiger partial charge on any atom is -0.376 e. The lowest BCUT2D eigenvalue weighted by atomic mass is 10.2. The van der Waals surface area contributed by atoms with Crippen LogP contribution in [0, 0.1) is 6.92 Å². The highest BCUT2D eigenvalue weighted by Gasteiger charge is 2.22. The molecule has 1 amide bonds. The van der Waals surface area contributed by atoms with Gasteiger partial charge in [-0.3, -0.25) is 9.10 Å². The molecule has 1 aromatic heterocycles. The summed E-state index contributed by atoms with van der Waals surface area (Å²) in [6.45, 7) is 3.27. The Morgan fingerprint density at radius 2 is 2.07 bits per heavy atom. The maximum absolute atomic E-state index is 12.3. The normalized spacial score (nSPS) is 16.6. The fourth-order valence-corrected chi connectivity index (χ4v) is 4.68. The molecule has 0 radical (unpaired) electrons. The van der Waals surface area contributed by atoms with Crippen LogP contribution in [0.15, 0.2) is 29.4 Å². The maximum atomic E-state index is 12.3. The third-order valence-corrected chi connectivity index (χ3v) is 6.98. The topological polar surface area (TPSA) is 106 Å². The number of carbonyl (C=O) groups is 1. The molecule has 1 atom stereocenters. The van der Waals surface area contributed by atoms with Crippen molar-refractivity contribution < 1.29 is 17.9 Å². The van der Waals surface area contributed by atoms with E-state index in [0.29, 0.717) is 23.2 Å². The average molecular weight is 454 g/mol. The van der Waals surface area contributed by atoms with Crippen LogP contribution < -0.4 is 9.62 Å². The number of thioether (sulfide) groups is 1. The summed E-state index contributed by atoms with van der Waals surface area (Å²) in [5.41, 5.74) is 1.61. The van der Waals surface area contributed by atoms with Crippen molar-refractivity contribution in [3.63, 3.8) is 0 Å². The largest absolute Gasteiger partial charge is 0.376 e. The van der Waals surface area contributed by atoms with Gasteiger partial charge in [0.05, 0.1) is 30.3 Å². The molecule has 2 heterocycles. The Kier molecular flexibility index (Phi) is 7.37. The van der Waals surface area contributed by atoms with Gasteiger partial charge in [0.2, 0.25) is 15.9 Å². The first-order chi connectivity index (χ1) is 14.2. The zero-order chi connectivity index (χ0) is 21.7. The molecule has 1 aromatic carbocycles. The highest BCUT2D eigenvalue weighted by molar-refractivity contribution is 7.99. The van der Waals surface area contributed by atoms with Crippen LogP contribution in [-0.2, 0) is 33.1 Å². The van der Waals surface area contributed by atoms with Gasteiger partial charge in [0.25, 0.3) is 0 Å². The van der Waals surface area contributed by atoms with E-state index in [1.165, 1.54) is 16.1 Å². The third-order valence-electron chi connectivity index (χ3n) is 4.82. The standard InChI is InChI=1S/C19H27N5O4S2/c1-14-6-8-15(9-7-14)24(30(3,26)27)12-17-21-22-19(23(17)2)29-13-18(25)20-11-16-5-4-10-28-16/h6-9,16H,4-5,10-13H2,1-3H3,(H,20,25)/t16-/m1/s1. The fourth-order valence-electron chi connectivity index (χ4n) is 3.06. The van der Waals surface area contributed by atoms with Crippen molar-refractivity contribution in [1.82, 2.24) is 20.1 Å². The number of ether oxygens (including phenoxy) is 1. The number of hydrogen-bond acceptors (Lipinski definition) is 7. The van der Waals surface area contributed by atoms with Gasteiger partial charge in [0.15, 0.2) is 11.0 Å². The van der Waals surface area contributed by atoms with Gasteiger partial charge >= 0.3 is 0 Å². The van der Waals surface area contributed by atoms with Crippen LogP contribution in [0.25, 0.3) is 0 Å². The minimum absolute atomic E-state index is 0.0527. The molecule has 1 aliphatic rings. The molecule has 2 aromatic rings. The Hall–Kier alpha value is -2.11. The summed E-state index contributed by atoms with van der Waals surface area (Å²) in [6.07, 6.45) is 3.27. The van der Waals surface area contributed by atoms with E-state index in [9.17, 15) is 13.2 Å². The second kappa shape index (κ2) is 9.80. The van der Waals surface area contributed by atoms with Crippen LogP contribution in [0.1, 0.15) is 24.2 Å². The van der Waals surface area contributed by atoms with Gasteiger partial charge < -0.3 is 14.6 Å². The molecule has 164 valence electrons. The predicted molar refractivity (Wildman–Crippen MR) is 116 cm³/mol. The lowest BCUT2D eigenvalue weighted by Crippen LogP contribution is -2.33. The number of amides is 1. The van der Waals surface area contributed by atoms with Crippen molar-refractivity contribution in [2.75, 3.05) is 29.5 Å². The van der Waals surface area contributed by atoms with Crippen molar-refractivity contribution in [2.45, 2.75) is 37.6 Å². The van der Waals surface area contributed by atoms with E-state index >= 15 is 0 Å². The molecule has 0 saturated carbocycles. The summed E-state index contributed by atoms with van der Waals surface area (Å²) >= 11 is 1.26. The Morgan fingerprint density at radius 1 is 1.33 bits per heavy atom. The van der Waals surface area contributed by atoms with Crippen LogP contribution in [0.4, 0.5) is 5.69 Å². The fraction of sp³-hybridized carbons (Fsp3) is 0.526. The van der Waals surface area contributed by atoms with E-state index in [0.717, 1.165) is 31.3 Å². The first-order valence-electron chi connectivity index (χ1n) is 9.68. The van der Waals surface area contributed by atoms with Crippen LogP contribution in [-0.4, -0.2) is 60.4 Å². The van der Waals surface area contributed by atoms with Gasteiger partial charge in [0, 0.05) is 20.2 Å². The second-order valence-corrected chi connectivity index (χ2v) is 10.1. The highest BCUT2D eigenvalue weighted by Crippen LogP contribution is 2.22. The van der Waals surface area contributed by atoms with Crippen molar-refractivity contribution in [3.8, 4) is 0 Å². The molecule has 1 aliphatic heterocycles. The summed E-state index contributed by atoms with van der Waals surface area (Å²) in [4.78, 5) is 12.1. The average Bonchev–Trinajstić information content (AvgIpc) is 3.33. The Labute approximate surface area is 181 Å². The van der Waals surface area contributed by atoms with Crippen LogP contribution >= 0.6 is 11.8 Å². The van der Waals surface area contributed by atoms with Gasteiger partial charge in [-0.15, -0.1) is 10.2 Å². The predicted octanol–water partition coefficient (Wildman–Crippen LogP) is 1.48. The van der Waals surface area contributed by atoms with E-state index in [-0.39, 0.29) is 24.3 Å². The lowest BCUT2D eigenvalue weighted by molar-refractivity contribution is -0.119. The number of anilines is 1. The zero-order valence-electron chi connectivity index (χ0n) is 17.4. The Balaban J connectivity index is 1.61. The maximum Gasteiger partial charge on any atom is 0.232 e. The number of nitrogens with zero attached hydrogens (tertiary/aromatic N) is 4. The summed E-state index contributed by atoms with van der Waals surface area (Å²) in [5, 5.41) is 11.7. The van der Waals surface area contributed by atoms with Crippen LogP contribution in [0.5, 0.6) is 0 Å². The molecule has 11 heteroatoms. The molecule has 9 nitrogen and oxygen atoms in total. The second-order valence-electron chi connectivity index (χ2n) is 7.29. The third kappa shape index (κ3) is 5.96. The van der Waals surface area contributed by atoms with Crippen molar-refractivity contribution in [1.29, 1.82) is 0 Å². The summed E-state index contributed by atoms with van der Waals surface area (Å²) in [6, 6.07) is 7.25. The van der Waals surface area contributed by atoms with Crippen molar-refractivity contribution in [3.05, 3.63) is 35.7 Å². The number of benzene rings is 1. The molecule has 30 heavy (non-hydrogen) atoms. The number of aryl methyl sites for hydroxylation is 1. The lowest BCUT2D eigenvalue weighted by Gasteiger charge is -2.22. The van der Waals surface area contributed by atoms with E-state index in [1.807, 2.05) is 19.1 Å². The molecule has 1 N–H and O–H groups in total. The SMILES string of the molecule is Cc1ccc(N(Cc2nnc(SCC(=O)NC[C@H]3CCCO3)n2C)S(C)(=O)=O)cc1. The van der Waals surface area contributed by atoms with Crippen molar-refractivity contribution >= 4 is 33.4 Å². The molecule has 0 aliphatic carbocycles. The summed E-state index contributed by atoms with van der Waals surface area (Å²) in [5.74, 6) is 0.590. The number of aromatic nitrogens is 3. The molecule has 0 bridgehead atoms. The van der Waals surface area contributed by atoms with Gasteiger partial charge in [-0.25, -0.2) is 8.42 Å². The van der Waals surface area contributed by atoms with E-state index in [4.69, 9.17) is 4.74 Å². The molecular formula is C19H27N5O4S2. The van der Waals surface area contributed by atoms with E-state index in [2.05, 4.69) is 15.5 Å². The number of nitrogens with one attached hydrogen (secondary N) is 1.